The number of halogens is 1. The minimum Gasteiger partial charge on any atom is -0.310 e. The molecule has 0 atom stereocenters. The predicted molar refractivity (Wildman–Crippen MR) is 202 cm³/mol. The molecule has 1 aromatic heterocycles. The van der Waals surface area contributed by atoms with Crippen molar-refractivity contribution in [2.75, 3.05) is 9.80 Å². The van der Waals surface area contributed by atoms with Crippen LogP contribution in [0.15, 0.2) is 180 Å². The van der Waals surface area contributed by atoms with Gasteiger partial charge in [0.25, 0.3) is 0 Å². The summed E-state index contributed by atoms with van der Waals surface area (Å²) < 4.78 is 3.60. The van der Waals surface area contributed by atoms with Crippen molar-refractivity contribution in [3.63, 3.8) is 0 Å². The number of benzene rings is 7. The molecule has 2 nitrogen and oxygen atoms in total. The lowest BCUT2D eigenvalue weighted by atomic mass is 10.0. The zero-order chi connectivity index (χ0) is 30.9. The maximum atomic E-state index is 3.90. The summed E-state index contributed by atoms with van der Waals surface area (Å²) in [5.74, 6) is 0. The van der Waals surface area contributed by atoms with Crippen LogP contribution >= 0.6 is 27.3 Å². The van der Waals surface area contributed by atoms with Gasteiger partial charge in [-0.25, -0.2) is 0 Å². The number of anilines is 6. The van der Waals surface area contributed by atoms with Gasteiger partial charge in [0.05, 0.1) is 0 Å². The Bertz CT molecular complexity index is 2220. The number of nitrogens with zero attached hydrogens (tertiary/aromatic N) is 2. The topological polar surface area (TPSA) is 6.48 Å². The van der Waals surface area contributed by atoms with E-state index in [1.54, 1.807) is 0 Å². The van der Waals surface area contributed by atoms with Crippen molar-refractivity contribution in [1.82, 2.24) is 0 Å². The zero-order valence-electron chi connectivity index (χ0n) is 24.9. The number of para-hydroxylation sites is 2. The molecule has 0 fully saturated rings. The van der Waals surface area contributed by atoms with E-state index in [-0.39, 0.29) is 0 Å². The largest absolute Gasteiger partial charge is 0.310 e. The van der Waals surface area contributed by atoms with Crippen molar-refractivity contribution in [3.05, 3.63) is 180 Å². The molecule has 0 unspecified atom stereocenters. The third kappa shape index (κ3) is 5.47. The van der Waals surface area contributed by atoms with Crippen LogP contribution in [-0.2, 0) is 0 Å². The van der Waals surface area contributed by atoms with E-state index in [2.05, 4.69) is 202 Å². The van der Waals surface area contributed by atoms with Crippen molar-refractivity contribution in [2.45, 2.75) is 0 Å². The maximum Gasteiger partial charge on any atom is 0.0493 e. The standard InChI is InChI=1S/C42H29BrN2S/c43-32-26-37(44(33-14-6-2-7-15-33)34-16-8-3-9-17-34)28-38(27-32)45(35-22-20-31(21-23-35)30-12-4-1-5-13-30)36-24-25-42-40(29-36)39-18-10-11-19-41(39)46-42/h1-29H. The first-order valence-corrected chi connectivity index (χ1v) is 16.9. The highest BCUT2D eigenvalue weighted by molar-refractivity contribution is 9.10. The molecule has 1 heterocycles. The summed E-state index contributed by atoms with van der Waals surface area (Å²) >= 11 is 5.74. The lowest BCUT2D eigenvalue weighted by Crippen LogP contribution is -2.13. The second-order valence-electron chi connectivity index (χ2n) is 11.2. The van der Waals surface area contributed by atoms with Crippen molar-refractivity contribution < 1.29 is 0 Å². The Balaban J connectivity index is 1.32. The molecule has 0 saturated heterocycles. The van der Waals surface area contributed by atoms with Crippen LogP contribution in [0.1, 0.15) is 0 Å². The average molecular weight is 674 g/mol. The predicted octanol–water partition coefficient (Wildman–Crippen LogP) is 13.4. The van der Waals surface area contributed by atoms with Gasteiger partial charge in [0.15, 0.2) is 0 Å². The molecular weight excluding hydrogens is 644 g/mol. The summed E-state index contributed by atoms with van der Waals surface area (Å²) in [6, 6.07) is 62.7. The zero-order valence-corrected chi connectivity index (χ0v) is 27.3. The summed E-state index contributed by atoms with van der Waals surface area (Å²) in [4.78, 5) is 4.67. The minimum absolute atomic E-state index is 1.00. The van der Waals surface area contributed by atoms with E-state index in [1.165, 1.54) is 31.3 Å². The number of fused-ring (bicyclic) bond motifs is 3. The number of hydrogen-bond donors (Lipinski definition) is 0. The molecular formula is C42H29BrN2S. The Morgan fingerprint density at radius 3 is 1.48 bits per heavy atom. The van der Waals surface area contributed by atoms with Crippen molar-refractivity contribution >= 4 is 81.6 Å². The van der Waals surface area contributed by atoms with Crippen LogP contribution in [0, 0.1) is 0 Å². The van der Waals surface area contributed by atoms with Crippen LogP contribution in [0.25, 0.3) is 31.3 Å². The normalized spacial score (nSPS) is 11.2. The minimum atomic E-state index is 1.00. The third-order valence-electron chi connectivity index (χ3n) is 8.26. The molecule has 0 bridgehead atoms. The first kappa shape index (κ1) is 28.3. The summed E-state index contributed by atoms with van der Waals surface area (Å²) in [6.45, 7) is 0. The molecule has 8 aromatic rings. The van der Waals surface area contributed by atoms with Gasteiger partial charge in [-0.3, -0.25) is 0 Å². The first-order valence-electron chi connectivity index (χ1n) is 15.3. The second-order valence-corrected chi connectivity index (χ2v) is 13.2. The molecule has 7 aromatic carbocycles. The molecule has 0 saturated carbocycles. The fourth-order valence-corrected chi connectivity index (χ4v) is 7.71. The fraction of sp³-hybridized carbons (Fsp3) is 0. The molecule has 4 heteroatoms. The number of hydrogen-bond acceptors (Lipinski definition) is 3. The van der Waals surface area contributed by atoms with Crippen molar-refractivity contribution in [3.8, 4) is 11.1 Å². The number of rotatable bonds is 7. The van der Waals surface area contributed by atoms with E-state index in [0.29, 0.717) is 0 Å². The van der Waals surface area contributed by atoms with Gasteiger partial charge in [-0.1, -0.05) is 113 Å². The van der Waals surface area contributed by atoms with Gasteiger partial charge in [0, 0.05) is 58.8 Å². The third-order valence-corrected chi connectivity index (χ3v) is 9.87. The Morgan fingerprint density at radius 2 is 0.826 bits per heavy atom. The molecule has 0 N–H and O–H groups in total. The highest BCUT2D eigenvalue weighted by Gasteiger charge is 2.19. The van der Waals surface area contributed by atoms with E-state index in [9.17, 15) is 0 Å². The lowest BCUT2D eigenvalue weighted by molar-refractivity contribution is 1.25. The van der Waals surface area contributed by atoms with Crippen LogP contribution in [-0.4, -0.2) is 0 Å². The van der Waals surface area contributed by atoms with E-state index in [4.69, 9.17) is 0 Å². The first-order chi connectivity index (χ1) is 22.7. The molecule has 0 spiro atoms. The summed E-state index contributed by atoms with van der Waals surface area (Å²) in [5, 5.41) is 2.56. The molecule has 0 aliphatic carbocycles. The molecule has 0 amide bonds. The molecule has 0 radical (unpaired) electrons. The van der Waals surface area contributed by atoms with Gasteiger partial charge >= 0.3 is 0 Å². The van der Waals surface area contributed by atoms with E-state index in [0.717, 1.165) is 38.6 Å². The summed E-state index contributed by atoms with van der Waals surface area (Å²) in [6.07, 6.45) is 0. The SMILES string of the molecule is Brc1cc(N(c2ccccc2)c2ccccc2)cc(N(c2ccc(-c3ccccc3)cc2)c2ccc3sc4ccccc4c3c2)c1. The van der Waals surface area contributed by atoms with Crippen LogP contribution in [0.4, 0.5) is 34.1 Å². The maximum absolute atomic E-state index is 3.90. The average Bonchev–Trinajstić information content (AvgIpc) is 3.48. The van der Waals surface area contributed by atoms with Gasteiger partial charge in [-0.15, -0.1) is 11.3 Å². The molecule has 8 rings (SSSR count). The molecule has 46 heavy (non-hydrogen) atoms. The van der Waals surface area contributed by atoms with Crippen molar-refractivity contribution in [2.24, 2.45) is 0 Å². The molecule has 220 valence electrons. The summed E-state index contributed by atoms with van der Waals surface area (Å²) in [5.41, 5.74) is 8.93. The monoisotopic (exact) mass is 672 g/mol. The number of thiophene rings is 1. The van der Waals surface area contributed by atoms with Crippen LogP contribution in [0.5, 0.6) is 0 Å². The van der Waals surface area contributed by atoms with Crippen LogP contribution in [0.3, 0.4) is 0 Å². The highest BCUT2D eigenvalue weighted by atomic mass is 79.9. The quantitative estimate of drug-likeness (QED) is 0.166. The van der Waals surface area contributed by atoms with Gasteiger partial charge in [-0.2, -0.15) is 0 Å². The van der Waals surface area contributed by atoms with Crippen LogP contribution < -0.4 is 9.80 Å². The smallest absolute Gasteiger partial charge is 0.0493 e. The van der Waals surface area contributed by atoms with E-state index in [1.807, 2.05) is 11.3 Å². The van der Waals surface area contributed by atoms with Crippen molar-refractivity contribution in [1.29, 1.82) is 0 Å². The lowest BCUT2D eigenvalue weighted by Gasteiger charge is -2.30. The summed E-state index contributed by atoms with van der Waals surface area (Å²) in [7, 11) is 0. The fourth-order valence-electron chi connectivity index (χ4n) is 6.15. The molecule has 0 aliphatic rings. The van der Waals surface area contributed by atoms with Gasteiger partial charge in [0.2, 0.25) is 0 Å². The van der Waals surface area contributed by atoms with Gasteiger partial charge < -0.3 is 9.80 Å². The van der Waals surface area contributed by atoms with Gasteiger partial charge in [-0.05, 0) is 90.0 Å². The molecule has 0 aliphatic heterocycles. The van der Waals surface area contributed by atoms with E-state index >= 15 is 0 Å². The van der Waals surface area contributed by atoms with E-state index < -0.39 is 0 Å². The Morgan fingerprint density at radius 1 is 0.348 bits per heavy atom. The Hall–Kier alpha value is -5.16. The highest BCUT2D eigenvalue weighted by Crippen LogP contribution is 2.44. The Kier molecular flexibility index (Phi) is 7.59. The van der Waals surface area contributed by atoms with Crippen LogP contribution in [0.2, 0.25) is 0 Å². The Labute approximate surface area is 281 Å². The van der Waals surface area contributed by atoms with Gasteiger partial charge in [0.1, 0.15) is 0 Å². The second kappa shape index (κ2) is 12.3.